The number of carbonyl (C=O) groups is 1. The first kappa shape index (κ1) is 22.5. The minimum atomic E-state index is -3.48. The van der Waals surface area contributed by atoms with Crippen LogP contribution in [0.1, 0.15) is 50.5 Å². The van der Waals surface area contributed by atoms with Crippen LogP contribution in [0.25, 0.3) is 6.08 Å². The lowest BCUT2D eigenvalue weighted by Crippen LogP contribution is -2.25. The van der Waals surface area contributed by atoms with Crippen LogP contribution in [0.15, 0.2) is 53.6 Å². The van der Waals surface area contributed by atoms with Crippen LogP contribution in [-0.2, 0) is 14.8 Å². The summed E-state index contributed by atoms with van der Waals surface area (Å²) in [4.78, 5) is 16.9. The van der Waals surface area contributed by atoms with E-state index in [4.69, 9.17) is 4.74 Å². The molecule has 7 nitrogen and oxygen atoms in total. The number of nitrogens with one attached hydrogen (secondary N) is 2. The van der Waals surface area contributed by atoms with Crippen molar-refractivity contribution in [3.8, 4) is 5.75 Å². The van der Waals surface area contributed by atoms with Gasteiger partial charge in [-0.1, -0.05) is 31.4 Å². The smallest absolute Gasteiger partial charge is 0.249 e. The van der Waals surface area contributed by atoms with Gasteiger partial charge < -0.3 is 10.1 Å². The number of nitrogens with zero attached hydrogens (tertiary/aromatic N) is 1. The number of aromatic nitrogens is 1. The summed E-state index contributed by atoms with van der Waals surface area (Å²) in [5, 5.41) is 2.76. The first-order valence-corrected chi connectivity index (χ1v) is 12.7. The molecule has 2 aliphatic carbocycles. The molecule has 1 aromatic heterocycles. The van der Waals surface area contributed by atoms with E-state index < -0.39 is 10.0 Å². The van der Waals surface area contributed by atoms with Crippen molar-refractivity contribution in [2.45, 2.75) is 55.9 Å². The van der Waals surface area contributed by atoms with E-state index in [0.717, 1.165) is 18.4 Å². The fraction of sp³-hybridized carbons (Fsp3) is 0.417. The molecule has 0 saturated heterocycles. The molecule has 2 aromatic rings. The van der Waals surface area contributed by atoms with Crippen LogP contribution >= 0.6 is 0 Å². The van der Waals surface area contributed by atoms with Gasteiger partial charge in [-0.3, -0.25) is 4.79 Å². The second-order valence-electron chi connectivity index (χ2n) is 8.45. The van der Waals surface area contributed by atoms with Gasteiger partial charge in [0.05, 0.1) is 11.5 Å². The SMILES string of the molecule is O=C(/C=C/c1ccc(S(=O)(=O)NC2CC2)cc1)Nc1ncccc1OCC1CCCCC1. The molecule has 8 heteroatoms. The van der Waals surface area contributed by atoms with E-state index in [1.165, 1.54) is 50.3 Å². The van der Waals surface area contributed by atoms with Crippen molar-refractivity contribution in [3.63, 3.8) is 0 Å². The van der Waals surface area contributed by atoms with Gasteiger partial charge in [-0.2, -0.15) is 0 Å². The van der Waals surface area contributed by atoms with E-state index in [-0.39, 0.29) is 16.8 Å². The molecule has 32 heavy (non-hydrogen) atoms. The lowest BCUT2D eigenvalue weighted by atomic mass is 9.90. The molecule has 2 saturated carbocycles. The van der Waals surface area contributed by atoms with E-state index in [9.17, 15) is 13.2 Å². The zero-order chi connectivity index (χ0) is 22.4. The van der Waals surface area contributed by atoms with E-state index in [1.54, 1.807) is 30.5 Å². The topological polar surface area (TPSA) is 97.4 Å². The third kappa shape index (κ3) is 6.40. The fourth-order valence-corrected chi connectivity index (χ4v) is 5.04. The largest absolute Gasteiger partial charge is 0.489 e. The van der Waals surface area contributed by atoms with Crippen LogP contribution in [0, 0.1) is 5.92 Å². The van der Waals surface area contributed by atoms with Crippen LogP contribution in [-0.4, -0.2) is 32.0 Å². The van der Waals surface area contributed by atoms with Crippen molar-refractivity contribution < 1.29 is 17.9 Å². The molecule has 0 spiro atoms. The Morgan fingerprint density at radius 2 is 1.81 bits per heavy atom. The van der Waals surface area contributed by atoms with Crippen molar-refractivity contribution in [2.24, 2.45) is 5.92 Å². The molecule has 170 valence electrons. The van der Waals surface area contributed by atoms with Crippen molar-refractivity contribution in [1.29, 1.82) is 0 Å². The summed E-state index contributed by atoms with van der Waals surface area (Å²) in [7, 11) is -3.48. The van der Waals surface area contributed by atoms with Gasteiger partial charge in [0, 0.05) is 18.3 Å². The standard InChI is InChI=1S/C24H29N3O4S/c28-23(15-10-18-8-13-21(14-9-18)32(29,30)27-20-11-12-20)26-24-22(7-4-16-25-24)31-17-19-5-2-1-3-6-19/h4,7-10,13-16,19-20,27H,1-3,5-6,11-12,17H2,(H,25,26,28)/b15-10+. The summed E-state index contributed by atoms with van der Waals surface area (Å²) in [6.07, 6.45) is 12.6. The van der Waals surface area contributed by atoms with E-state index in [2.05, 4.69) is 15.0 Å². The molecule has 0 radical (unpaired) electrons. The molecule has 0 bridgehead atoms. The van der Waals surface area contributed by atoms with E-state index in [1.807, 2.05) is 6.07 Å². The van der Waals surface area contributed by atoms with Gasteiger partial charge in [0.15, 0.2) is 11.6 Å². The predicted octanol–water partition coefficient (Wildman–Crippen LogP) is 4.13. The summed E-state index contributed by atoms with van der Waals surface area (Å²) in [5.74, 6) is 1.18. The Hall–Kier alpha value is -2.71. The molecule has 2 N–H and O–H groups in total. The van der Waals surface area contributed by atoms with Crippen LogP contribution < -0.4 is 14.8 Å². The number of benzene rings is 1. The second kappa shape index (κ2) is 10.3. The summed E-state index contributed by atoms with van der Waals surface area (Å²) in [5.41, 5.74) is 0.723. The maximum Gasteiger partial charge on any atom is 0.249 e. The lowest BCUT2D eigenvalue weighted by Gasteiger charge is -2.22. The van der Waals surface area contributed by atoms with Gasteiger partial charge in [0.2, 0.25) is 15.9 Å². The predicted molar refractivity (Wildman–Crippen MR) is 124 cm³/mol. The first-order valence-electron chi connectivity index (χ1n) is 11.2. The Morgan fingerprint density at radius 1 is 1.06 bits per heavy atom. The number of ether oxygens (including phenoxy) is 1. The highest BCUT2D eigenvalue weighted by Crippen LogP contribution is 2.27. The molecule has 1 aromatic carbocycles. The van der Waals surface area contributed by atoms with Gasteiger partial charge in [0.25, 0.3) is 0 Å². The fourth-order valence-electron chi connectivity index (χ4n) is 3.74. The highest BCUT2D eigenvalue weighted by molar-refractivity contribution is 7.89. The van der Waals surface area contributed by atoms with Crippen LogP contribution in [0.3, 0.4) is 0 Å². The first-order chi connectivity index (χ1) is 15.5. The molecule has 0 unspecified atom stereocenters. The van der Waals surface area contributed by atoms with Gasteiger partial charge in [0.1, 0.15) is 0 Å². The molecule has 1 amide bonds. The second-order valence-corrected chi connectivity index (χ2v) is 10.2. The third-order valence-electron chi connectivity index (χ3n) is 5.73. The molecule has 4 rings (SSSR count). The zero-order valence-electron chi connectivity index (χ0n) is 18.0. The Labute approximate surface area is 189 Å². The Kier molecular flexibility index (Phi) is 7.22. The van der Waals surface area contributed by atoms with E-state index >= 15 is 0 Å². The number of anilines is 1. The summed E-state index contributed by atoms with van der Waals surface area (Å²) < 4.78 is 33.1. The Morgan fingerprint density at radius 3 is 2.53 bits per heavy atom. The zero-order valence-corrected chi connectivity index (χ0v) is 18.8. The highest BCUT2D eigenvalue weighted by Gasteiger charge is 2.27. The number of pyridine rings is 1. The third-order valence-corrected chi connectivity index (χ3v) is 7.26. The summed E-state index contributed by atoms with van der Waals surface area (Å²) in [6.45, 7) is 0.634. The van der Waals surface area contributed by atoms with Gasteiger partial charge in [-0.05, 0) is 67.5 Å². The van der Waals surface area contributed by atoms with E-state index in [0.29, 0.717) is 24.1 Å². The minimum absolute atomic E-state index is 0.0615. The number of hydrogen-bond acceptors (Lipinski definition) is 5. The highest BCUT2D eigenvalue weighted by atomic mass is 32.2. The molecule has 0 aliphatic heterocycles. The number of rotatable bonds is 9. The number of hydrogen-bond donors (Lipinski definition) is 2. The van der Waals surface area contributed by atoms with Crippen LogP contribution in [0.5, 0.6) is 5.75 Å². The Balaban J connectivity index is 1.33. The number of amides is 1. The molecule has 2 aliphatic rings. The average Bonchev–Trinajstić information content (AvgIpc) is 3.61. The number of carbonyl (C=O) groups excluding carboxylic acids is 1. The van der Waals surface area contributed by atoms with Gasteiger partial charge in [-0.15, -0.1) is 0 Å². The maximum absolute atomic E-state index is 12.4. The van der Waals surface area contributed by atoms with Crippen molar-refractivity contribution in [1.82, 2.24) is 9.71 Å². The normalized spacial score (nSPS) is 17.4. The van der Waals surface area contributed by atoms with Gasteiger partial charge in [-0.25, -0.2) is 18.1 Å². The monoisotopic (exact) mass is 455 g/mol. The van der Waals surface area contributed by atoms with Crippen molar-refractivity contribution >= 4 is 27.8 Å². The minimum Gasteiger partial charge on any atom is -0.489 e. The quantitative estimate of drug-likeness (QED) is 0.554. The Bertz CT molecular complexity index is 1060. The summed E-state index contributed by atoms with van der Waals surface area (Å²) in [6, 6.07) is 10.1. The van der Waals surface area contributed by atoms with Crippen LogP contribution in [0.2, 0.25) is 0 Å². The molecular weight excluding hydrogens is 426 g/mol. The number of sulfonamides is 1. The van der Waals surface area contributed by atoms with Crippen molar-refractivity contribution in [3.05, 3.63) is 54.2 Å². The van der Waals surface area contributed by atoms with Gasteiger partial charge >= 0.3 is 0 Å². The molecule has 2 fully saturated rings. The van der Waals surface area contributed by atoms with Crippen LogP contribution in [0.4, 0.5) is 5.82 Å². The molecular formula is C24H29N3O4S. The lowest BCUT2D eigenvalue weighted by molar-refractivity contribution is -0.111. The van der Waals surface area contributed by atoms with Crippen molar-refractivity contribution in [2.75, 3.05) is 11.9 Å². The maximum atomic E-state index is 12.4. The average molecular weight is 456 g/mol. The summed E-state index contributed by atoms with van der Waals surface area (Å²) >= 11 is 0. The molecule has 1 heterocycles. The molecule has 0 atom stereocenters.